The van der Waals surface area contributed by atoms with Crippen molar-refractivity contribution in [2.75, 3.05) is 5.32 Å². The Morgan fingerprint density at radius 1 is 1.31 bits per heavy atom. The maximum Gasteiger partial charge on any atom is 0.137 e. The number of fused-ring (bicyclic) bond motifs is 2. The van der Waals surface area contributed by atoms with Crippen molar-refractivity contribution in [3.05, 3.63) is 17.0 Å². The highest BCUT2D eigenvalue weighted by molar-refractivity contribution is 6.30. The zero-order chi connectivity index (χ0) is 11.1. The minimum atomic E-state index is 0.556. The van der Waals surface area contributed by atoms with Crippen LogP contribution in [-0.2, 0) is 0 Å². The first-order valence-corrected chi connectivity index (χ1v) is 6.35. The van der Waals surface area contributed by atoms with E-state index in [1.807, 2.05) is 6.92 Å². The average Bonchev–Trinajstić information content (AvgIpc) is 2.86. The number of halogens is 1. The molecular weight excluding hydrogens is 222 g/mol. The van der Waals surface area contributed by atoms with Gasteiger partial charge in [0.25, 0.3) is 0 Å². The first-order valence-electron chi connectivity index (χ1n) is 5.97. The van der Waals surface area contributed by atoms with Gasteiger partial charge in [-0.1, -0.05) is 18.0 Å². The molecule has 3 rings (SSSR count). The van der Waals surface area contributed by atoms with Gasteiger partial charge in [0.05, 0.1) is 0 Å². The molecule has 1 aromatic rings. The van der Waals surface area contributed by atoms with Crippen molar-refractivity contribution in [1.82, 2.24) is 9.97 Å². The predicted octanol–water partition coefficient (Wildman–Crippen LogP) is 3.04. The molecule has 0 aromatic carbocycles. The fraction of sp³-hybridized carbons (Fsp3) is 0.667. The third-order valence-electron chi connectivity index (χ3n) is 4.08. The normalized spacial score (nSPS) is 32.0. The van der Waals surface area contributed by atoms with Gasteiger partial charge in [0.2, 0.25) is 0 Å². The molecule has 1 N–H and O–H groups in total. The first-order chi connectivity index (χ1) is 7.74. The van der Waals surface area contributed by atoms with Crippen molar-refractivity contribution in [3.8, 4) is 0 Å². The summed E-state index contributed by atoms with van der Waals surface area (Å²) in [5.41, 5.74) is 0.965. The van der Waals surface area contributed by atoms with Gasteiger partial charge in [-0.05, 0) is 38.0 Å². The predicted molar refractivity (Wildman–Crippen MR) is 64.6 cm³/mol. The van der Waals surface area contributed by atoms with Crippen molar-refractivity contribution in [2.24, 2.45) is 11.8 Å². The molecule has 0 saturated heterocycles. The minimum absolute atomic E-state index is 0.556. The lowest BCUT2D eigenvalue weighted by atomic mass is 9.95. The number of nitrogens with one attached hydrogen (secondary N) is 1. The first kappa shape index (κ1) is 10.3. The van der Waals surface area contributed by atoms with Crippen LogP contribution in [0.3, 0.4) is 0 Å². The van der Waals surface area contributed by atoms with Crippen LogP contribution in [0.5, 0.6) is 0 Å². The van der Waals surface area contributed by atoms with E-state index in [0.717, 1.165) is 23.2 Å². The molecule has 3 nitrogen and oxygen atoms in total. The van der Waals surface area contributed by atoms with E-state index < -0.39 is 0 Å². The second-order valence-electron chi connectivity index (χ2n) is 5.06. The van der Waals surface area contributed by atoms with Gasteiger partial charge in [-0.15, -0.1) is 0 Å². The summed E-state index contributed by atoms with van der Waals surface area (Å²) in [6, 6.07) is 0.600. The van der Waals surface area contributed by atoms with Gasteiger partial charge >= 0.3 is 0 Å². The van der Waals surface area contributed by atoms with Crippen molar-refractivity contribution in [1.29, 1.82) is 0 Å². The highest BCUT2D eigenvalue weighted by atomic mass is 35.5. The topological polar surface area (TPSA) is 37.8 Å². The summed E-state index contributed by atoms with van der Waals surface area (Å²) >= 11 is 5.99. The average molecular weight is 238 g/mol. The lowest BCUT2D eigenvalue weighted by Crippen LogP contribution is -2.26. The number of aromatic nitrogens is 2. The Morgan fingerprint density at radius 3 is 2.88 bits per heavy atom. The maximum atomic E-state index is 5.99. The van der Waals surface area contributed by atoms with E-state index in [2.05, 4.69) is 15.3 Å². The number of rotatable bonds is 2. The zero-order valence-corrected chi connectivity index (χ0v) is 10.2. The summed E-state index contributed by atoms with van der Waals surface area (Å²) in [7, 11) is 0. The van der Waals surface area contributed by atoms with Crippen LogP contribution in [0.2, 0.25) is 5.15 Å². The fourth-order valence-electron chi connectivity index (χ4n) is 3.17. The van der Waals surface area contributed by atoms with E-state index in [-0.39, 0.29) is 0 Å². The molecule has 0 amide bonds. The summed E-state index contributed by atoms with van der Waals surface area (Å²) < 4.78 is 0. The summed E-state index contributed by atoms with van der Waals surface area (Å²) in [5, 5.41) is 4.10. The van der Waals surface area contributed by atoms with Crippen molar-refractivity contribution < 1.29 is 0 Å². The molecule has 2 saturated carbocycles. The quantitative estimate of drug-likeness (QED) is 0.804. The third kappa shape index (κ3) is 1.67. The Hall–Kier alpha value is -0.830. The number of nitrogens with zero attached hydrogens (tertiary/aromatic N) is 2. The zero-order valence-electron chi connectivity index (χ0n) is 9.41. The molecule has 3 unspecified atom stereocenters. The summed E-state index contributed by atoms with van der Waals surface area (Å²) in [5.74, 6) is 2.70. The van der Waals surface area contributed by atoms with Crippen LogP contribution < -0.4 is 5.32 Å². The van der Waals surface area contributed by atoms with Gasteiger partial charge in [-0.25, -0.2) is 9.97 Å². The second-order valence-corrected chi connectivity index (χ2v) is 5.42. The van der Waals surface area contributed by atoms with E-state index in [4.69, 9.17) is 11.6 Å². The Balaban J connectivity index is 1.77. The maximum absolute atomic E-state index is 5.99. The monoisotopic (exact) mass is 237 g/mol. The van der Waals surface area contributed by atoms with Crippen LogP contribution in [0.25, 0.3) is 0 Å². The lowest BCUT2D eigenvalue weighted by molar-refractivity contribution is 0.438. The summed E-state index contributed by atoms with van der Waals surface area (Å²) in [6.07, 6.45) is 7.03. The van der Waals surface area contributed by atoms with Gasteiger partial charge in [0.15, 0.2) is 0 Å². The molecule has 1 heterocycles. The molecule has 4 heteroatoms. The molecule has 0 spiro atoms. The number of hydrogen-bond acceptors (Lipinski definition) is 3. The van der Waals surface area contributed by atoms with E-state index in [1.165, 1.54) is 32.0 Å². The molecule has 2 aliphatic rings. The number of anilines is 1. The highest BCUT2D eigenvalue weighted by Crippen LogP contribution is 2.45. The standard InChI is InChI=1S/C12H16ClN3/c1-7-11(13)14-6-15-12(7)16-10-5-8-2-3-9(10)4-8/h6,8-10H,2-5H2,1H3,(H,14,15,16). The van der Waals surface area contributed by atoms with Crippen LogP contribution in [0.4, 0.5) is 5.82 Å². The van der Waals surface area contributed by atoms with Crippen LogP contribution in [0, 0.1) is 18.8 Å². The SMILES string of the molecule is Cc1c(Cl)ncnc1NC1CC2CCC1C2. The molecule has 3 atom stereocenters. The van der Waals surface area contributed by atoms with Gasteiger partial charge in [0.1, 0.15) is 17.3 Å². The Morgan fingerprint density at radius 2 is 2.19 bits per heavy atom. The fourth-order valence-corrected chi connectivity index (χ4v) is 3.30. The van der Waals surface area contributed by atoms with Crippen molar-refractivity contribution >= 4 is 17.4 Å². The minimum Gasteiger partial charge on any atom is -0.367 e. The van der Waals surface area contributed by atoms with Crippen LogP contribution >= 0.6 is 11.6 Å². The molecule has 2 fully saturated rings. The van der Waals surface area contributed by atoms with Crippen LogP contribution in [0.15, 0.2) is 6.33 Å². The Labute approximate surface area is 101 Å². The van der Waals surface area contributed by atoms with E-state index in [1.54, 1.807) is 0 Å². The molecule has 16 heavy (non-hydrogen) atoms. The van der Waals surface area contributed by atoms with Crippen molar-refractivity contribution in [3.63, 3.8) is 0 Å². The van der Waals surface area contributed by atoms with Crippen molar-refractivity contribution in [2.45, 2.75) is 38.6 Å². The van der Waals surface area contributed by atoms with Gasteiger partial charge in [0, 0.05) is 11.6 Å². The van der Waals surface area contributed by atoms with E-state index in [0.29, 0.717) is 11.2 Å². The van der Waals surface area contributed by atoms with Gasteiger partial charge in [-0.2, -0.15) is 0 Å². The molecule has 2 bridgehead atoms. The third-order valence-corrected chi connectivity index (χ3v) is 4.46. The molecule has 2 aliphatic carbocycles. The second kappa shape index (κ2) is 3.88. The number of hydrogen-bond donors (Lipinski definition) is 1. The Bertz CT molecular complexity index is 407. The lowest BCUT2D eigenvalue weighted by Gasteiger charge is -2.24. The molecule has 1 aromatic heterocycles. The Kier molecular flexibility index (Phi) is 2.51. The van der Waals surface area contributed by atoms with E-state index in [9.17, 15) is 0 Å². The van der Waals surface area contributed by atoms with Gasteiger partial charge < -0.3 is 5.32 Å². The molecule has 0 radical (unpaired) electrons. The largest absolute Gasteiger partial charge is 0.367 e. The highest BCUT2D eigenvalue weighted by Gasteiger charge is 2.39. The van der Waals surface area contributed by atoms with Crippen LogP contribution in [-0.4, -0.2) is 16.0 Å². The summed E-state index contributed by atoms with van der Waals surface area (Å²) in [6.45, 7) is 1.97. The van der Waals surface area contributed by atoms with E-state index >= 15 is 0 Å². The molecule has 86 valence electrons. The van der Waals surface area contributed by atoms with Gasteiger partial charge in [-0.3, -0.25) is 0 Å². The summed E-state index contributed by atoms with van der Waals surface area (Å²) in [4.78, 5) is 8.26. The smallest absolute Gasteiger partial charge is 0.137 e. The van der Waals surface area contributed by atoms with Crippen LogP contribution in [0.1, 0.15) is 31.2 Å². The molecule has 0 aliphatic heterocycles. The molecular formula is C12H16ClN3.